The number of benzene rings is 1. The SMILES string of the molecule is CCC1=C(CC)C(=O)c2c(OC)cccc2C1=O. The van der Waals surface area contributed by atoms with Crippen molar-refractivity contribution in [1.82, 2.24) is 0 Å². The number of Topliss-reactive ketones (excluding diaryl/α,β-unsaturated/α-hetero) is 2. The second kappa shape index (κ2) is 4.77. The highest BCUT2D eigenvalue weighted by Crippen LogP contribution is 2.34. The normalized spacial score (nSPS) is 14.8. The quantitative estimate of drug-likeness (QED) is 0.820. The van der Waals surface area contributed by atoms with Gasteiger partial charge in [0.1, 0.15) is 5.75 Å². The van der Waals surface area contributed by atoms with Crippen molar-refractivity contribution in [3.05, 3.63) is 40.5 Å². The standard InChI is InChI=1S/C15H16O3/c1-4-9-10(5-2)15(17)13-11(14(9)16)7-6-8-12(13)18-3/h6-8H,4-5H2,1-3H3. The molecule has 1 aromatic carbocycles. The molecule has 1 aliphatic rings. The molecule has 0 radical (unpaired) electrons. The third-order valence-corrected chi connectivity index (χ3v) is 3.34. The van der Waals surface area contributed by atoms with Crippen LogP contribution in [0.1, 0.15) is 47.4 Å². The Hall–Kier alpha value is -1.90. The molecule has 0 unspecified atom stereocenters. The van der Waals surface area contributed by atoms with E-state index in [4.69, 9.17) is 4.74 Å². The molecular weight excluding hydrogens is 228 g/mol. The van der Waals surface area contributed by atoms with Crippen LogP contribution in [-0.4, -0.2) is 18.7 Å². The summed E-state index contributed by atoms with van der Waals surface area (Å²) in [6.45, 7) is 3.80. The Kier molecular flexibility index (Phi) is 3.32. The fourth-order valence-corrected chi connectivity index (χ4v) is 2.46. The lowest BCUT2D eigenvalue weighted by Gasteiger charge is -2.21. The van der Waals surface area contributed by atoms with E-state index < -0.39 is 0 Å². The van der Waals surface area contributed by atoms with E-state index in [1.54, 1.807) is 18.2 Å². The van der Waals surface area contributed by atoms with E-state index in [0.29, 0.717) is 40.9 Å². The molecule has 0 aromatic heterocycles. The number of ether oxygens (including phenoxy) is 1. The molecule has 0 amide bonds. The van der Waals surface area contributed by atoms with Gasteiger partial charge < -0.3 is 4.74 Å². The number of ketones is 2. The molecule has 18 heavy (non-hydrogen) atoms. The number of rotatable bonds is 3. The van der Waals surface area contributed by atoms with E-state index >= 15 is 0 Å². The fraction of sp³-hybridized carbons (Fsp3) is 0.333. The summed E-state index contributed by atoms with van der Waals surface area (Å²) in [6, 6.07) is 5.15. The van der Waals surface area contributed by atoms with Crippen molar-refractivity contribution in [2.75, 3.05) is 7.11 Å². The zero-order valence-corrected chi connectivity index (χ0v) is 10.9. The minimum absolute atomic E-state index is 0.0390. The van der Waals surface area contributed by atoms with Crippen LogP contribution in [0.3, 0.4) is 0 Å². The first-order chi connectivity index (χ1) is 8.65. The Labute approximate surface area is 106 Å². The van der Waals surface area contributed by atoms with Crippen molar-refractivity contribution in [3.8, 4) is 5.75 Å². The van der Waals surface area contributed by atoms with E-state index in [9.17, 15) is 9.59 Å². The molecule has 1 aliphatic carbocycles. The van der Waals surface area contributed by atoms with E-state index in [1.807, 2.05) is 13.8 Å². The van der Waals surface area contributed by atoms with Crippen molar-refractivity contribution < 1.29 is 14.3 Å². The molecule has 0 spiro atoms. The molecule has 0 saturated carbocycles. The Morgan fingerprint density at radius 1 is 1.00 bits per heavy atom. The second-order valence-corrected chi connectivity index (χ2v) is 4.21. The average Bonchev–Trinajstić information content (AvgIpc) is 2.41. The summed E-state index contributed by atoms with van der Waals surface area (Å²) in [6.07, 6.45) is 1.16. The van der Waals surface area contributed by atoms with Crippen LogP contribution < -0.4 is 4.74 Å². The number of methoxy groups -OCH3 is 1. The van der Waals surface area contributed by atoms with Gasteiger partial charge in [-0.15, -0.1) is 0 Å². The molecule has 2 rings (SSSR count). The monoisotopic (exact) mass is 244 g/mol. The van der Waals surface area contributed by atoms with E-state index in [0.717, 1.165) is 0 Å². The molecule has 0 N–H and O–H groups in total. The third-order valence-electron chi connectivity index (χ3n) is 3.34. The molecule has 3 nitrogen and oxygen atoms in total. The lowest BCUT2D eigenvalue weighted by molar-refractivity contribution is 0.0967. The maximum absolute atomic E-state index is 12.5. The summed E-state index contributed by atoms with van der Waals surface area (Å²) >= 11 is 0. The van der Waals surface area contributed by atoms with Gasteiger partial charge in [-0.1, -0.05) is 26.0 Å². The maximum Gasteiger partial charge on any atom is 0.193 e. The average molecular weight is 244 g/mol. The largest absolute Gasteiger partial charge is 0.496 e. The predicted molar refractivity (Wildman–Crippen MR) is 69.3 cm³/mol. The van der Waals surface area contributed by atoms with Crippen LogP contribution >= 0.6 is 0 Å². The van der Waals surface area contributed by atoms with Gasteiger partial charge in [0.05, 0.1) is 12.7 Å². The first-order valence-corrected chi connectivity index (χ1v) is 6.14. The number of hydrogen-bond acceptors (Lipinski definition) is 3. The van der Waals surface area contributed by atoms with E-state index in [2.05, 4.69) is 0 Å². The molecule has 0 heterocycles. The van der Waals surface area contributed by atoms with Crippen molar-refractivity contribution >= 4 is 11.6 Å². The van der Waals surface area contributed by atoms with Gasteiger partial charge in [-0.25, -0.2) is 0 Å². The first kappa shape index (κ1) is 12.6. The highest BCUT2D eigenvalue weighted by molar-refractivity contribution is 6.27. The highest BCUT2D eigenvalue weighted by atomic mass is 16.5. The number of fused-ring (bicyclic) bond motifs is 1. The lowest BCUT2D eigenvalue weighted by atomic mass is 9.81. The first-order valence-electron chi connectivity index (χ1n) is 6.14. The Morgan fingerprint density at radius 2 is 1.61 bits per heavy atom. The number of hydrogen-bond donors (Lipinski definition) is 0. The van der Waals surface area contributed by atoms with Crippen LogP contribution in [0.4, 0.5) is 0 Å². The molecule has 0 fully saturated rings. The van der Waals surface area contributed by atoms with Gasteiger partial charge in [-0.3, -0.25) is 9.59 Å². The van der Waals surface area contributed by atoms with Crippen molar-refractivity contribution in [2.45, 2.75) is 26.7 Å². The fourth-order valence-electron chi connectivity index (χ4n) is 2.46. The van der Waals surface area contributed by atoms with E-state index in [-0.39, 0.29) is 11.6 Å². The van der Waals surface area contributed by atoms with Crippen molar-refractivity contribution in [3.63, 3.8) is 0 Å². The molecule has 94 valence electrons. The zero-order chi connectivity index (χ0) is 13.3. The second-order valence-electron chi connectivity index (χ2n) is 4.21. The Bertz CT molecular complexity index is 553. The highest BCUT2D eigenvalue weighted by Gasteiger charge is 2.32. The van der Waals surface area contributed by atoms with Gasteiger partial charge in [0.15, 0.2) is 11.6 Å². The smallest absolute Gasteiger partial charge is 0.193 e. The minimum Gasteiger partial charge on any atom is -0.496 e. The molecule has 0 aliphatic heterocycles. The number of carbonyl (C=O) groups excluding carboxylic acids is 2. The van der Waals surface area contributed by atoms with E-state index in [1.165, 1.54) is 7.11 Å². The topological polar surface area (TPSA) is 43.4 Å². The van der Waals surface area contributed by atoms with Gasteiger partial charge in [0, 0.05) is 16.7 Å². The number of carbonyl (C=O) groups is 2. The maximum atomic E-state index is 12.5. The summed E-state index contributed by atoms with van der Waals surface area (Å²) in [5, 5.41) is 0. The van der Waals surface area contributed by atoms with Gasteiger partial charge in [-0.2, -0.15) is 0 Å². The molecule has 1 aromatic rings. The van der Waals surface area contributed by atoms with Gasteiger partial charge in [0.25, 0.3) is 0 Å². The molecule has 3 heteroatoms. The molecule has 0 bridgehead atoms. The van der Waals surface area contributed by atoms with Crippen LogP contribution in [0, 0.1) is 0 Å². The minimum atomic E-state index is -0.0681. The molecule has 0 saturated heterocycles. The Balaban J connectivity index is 2.72. The van der Waals surface area contributed by atoms with Crippen LogP contribution in [0.2, 0.25) is 0 Å². The third kappa shape index (κ3) is 1.67. The lowest BCUT2D eigenvalue weighted by Crippen LogP contribution is -2.22. The van der Waals surface area contributed by atoms with Gasteiger partial charge in [-0.05, 0) is 18.9 Å². The zero-order valence-electron chi connectivity index (χ0n) is 10.9. The molecule has 0 atom stereocenters. The summed E-state index contributed by atoms with van der Waals surface area (Å²) in [4.78, 5) is 24.8. The van der Waals surface area contributed by atoms with Gasteiger partial charge in [0.2, 0.25) is 0 Å². The summed E-state index contributed by atoms with van der Waals surface area (Å²) in [7, 11) is 1.51. The number of allylic oxidation sites excluding steroid dienone is 2. The van der Waals surface area contributed by atoms with Gasteiger partial charge >= 0.3 is 0 Å². The van der Waals surface area contributed by atoms with Crippen LogP contribution in [0.25, 0.3) is 0 Å². The summed E-state index contributed by atoms with van der Waals surface area (Å²) in [5.41, 5.74) is 2.15. The van der Waals surface area contributed by atoms with Crippen LogP contribution in [0.5, 0.6) is 5.75 Å². The van der Waals surface area contributed by atoms with Crippen LogP contribution in [-0.2, 0) is 0 Å². The molecular formula is C15H16O3. The van der Waals surface area contributed by atoms with Crippen LogP contribution in [0.15, 0.2) is 29.3 Å². The predicted octanol–water partition coefficient (Wildman–Crippen LogP) is 3.19. The summed E-state index contributed by atoms with van der Waals surface area (Å²) in [5.74, 6) is 0.371. The summed E-state index contributed by atoms with van der Waals surface area (Å²) < 4.78 is 5.20. The Morgan fingerprint density at radius 3 is 2.17 bits per heavy atom. The van der Waals surface area contributed by atoms with Crippen molar-refractivity contribution in [1.29, 1.82) is 0 Å². The van der Waals surface area contributed by atoms with Crippen molar-refractivity contribution in [2.24, 2.45) is 0 Å².